The lowest BCUT2D eigenvalue weighted by atomic mass is 9.86. The molecule has 6 aromatic rings. The van der Waals surface area contributed by atoms with Crippen LogP contribution in [0, 0.1) is 0 Å². The van der Waals surface area contributed by atoms with Gasteiger partial charge in [0.1, 0.15) is 0 Å². The SMILES string of the molecule is c1ccc(-c2nccc3ccccc23)nc1.c1ccc2c(c1)ccc1c3c(ccc12)CCCC3. The van der Waals surface area contributed by atoms with E-state index in [0.29, 0.717) is 0 Å². The Balaban J connectivity index is 0.000000129. The van der Waals surface area contributed by atoms with Crippen LogP contribution < -0.4 is 0 Å². The van der Waals surface area contributed by atoms with Crippen LogP contribution in [0.4, 0.5) is 0 Å². The molecule has 0 saturated carbocycles. The number of pyridine rings is 2. The zero-order valence-electron chi connectivity index (χ0n) is 19.1. The van der Waals surface area contributed by atoms with Crippen molar-refractivity contribution in [1.29, 1.82) is 0 Å². The Labute approximate surface area is 199 Å². The Morgan fingerprint density at radius 1 is 0.471 bits per heavy atom. The second-order valence-corrected chi connectivity index (χ2v) is 8.89. The molecule has 2 nitrogen and oxygen atoms in total. The molecule has 1 aliphatic rings. The highest BCUT2D eigenvalue weighted by Crippen LogP contribution is 2.33. The molecule has 0 fully saturated rings. The number of hydrogen-bond acceptors (Lipinski definition) is 2. The zero-order valence-corrected chi connectivity index (χ0v) is 19.1. The van der Waals surface area contributed by atoms with Crippen molar-refractivity contribution in [2.45, 2.75) is 25.7 Å². The van der Waals surface area contributed by atoms with Crippen LogP contribution in [-0.4, -0.2) is 9.97 Å². The maximum absolute atomic E-state index is 4.41. The lowest BCUT2D eigenvalue weighted by Crippen LogP contribution is -2.02. The summed E-state index contributed by atoms with van der Waals surface area (Å²) in [6.45, 7) is 0. The van der Waals surface area contributed by atoms with Crippen LogP contribution in [0.2, 0.25) is 0 Å². The Kier molecular flexibility index (Phi) is 5.48. The van der Waals surface area contributed by atoms with Crippen molar-refractivity contribution in [2.24, 2.45) is 0 Å². The normalized spacial score (nSPS) is 12.8. The van der Waals surface area contributed by atoms with Gasteiger partial charge in [-0.15, -0.1) is 0 Å². The van der Waals surface area contributed by atoms with Gasteiger partial charge >= 0.3 is 0 Å². The first-order valence-electron chi connectivity index (χ1n) is 12.1. The van der Waals surface area contributed by atoms with E-state index in [1.807, 2.05) is 42.6 Å². The highest BCUT2D eigenvalue weighted by atomic mass is 14.8. The Morgan fingerprint density at radius 3 is 2.06 bits per heavy atom. The minimum absolute atomic E-state index is 0.916. The largest absolute Gasteiger partial charge is 0.255 e. The summed E-state index contributed by atoms with van der Waals surface area (Å²) in [6, 6.07) is 34.1. The highest BCUT2D eigenvalue weighted by Gasteiger charge is 2.13. The molecule has 34 heavy (non-hydrogen) atoms. The minimum Gasteiger partial charge on any atom is -0.255 e. The molecule has 1 aliphatic carbocycles. The van der Waals surface area contributed by atoms with Crippen molar-refractivity contribution < 1.29 is 0 Å². The minimum atomic E-state index is 0.916. The van der Waals surface area contributed by atoms with Gasteiger partial charge < -0.3 is 0 Å². The highest BCUT2D eigenvalue weighted by molar-refractivity contribution is 6.08. The first-order valence-corrected chi connectivity index (χ1v) is 12.1. The average Bonchev–Trinajstić information content (AvgIpc) is 2.93. The molecule has 0 N–H and O–H groups in total. The fourth-order valence-corrected chi connectivity index (χ4v) is 5.17. The Morgan fingerprint density at radius 2 is 1.21 bits per heavy atom. The van der Waals surface area contributed by atoms with E-state index in [1.165, 1.54) is 52.6 Å². The molecule has 164 valence electrons. The number of nitrogens with zero attached hydrogens (tertiary/aromatic N) is 2. The van der Waals surface area contributed by atoms with E-state index in [0.717, 1.165) is 16.8 Å². The topological polar surface area (TPSA) is 25.8 Å². The lowest BCUT2D eigenvalue weighted by molar-refractivity contribution is 0.690. The van der Waals surface area contributed by atoms with Gasteiger partial charge in [0.2, 0.25) is 0 Å². The van der Waals surface area contributed by atoms with E-state index < -0.39 is 0 Å². The number of fused-ring (bicyclic) bond motifs is 6. The fourth-order valence-electron chi connectivity index (χ4n) is 5.17. The molecule has 0 radical (unpaired) electrons. The molecule has 0 aliphatic heterocycles. The van der Waals surface area contributed by atoms with Crippen LogP contribution in [0.25, 0.3) is 43.7 Å². The van der Waals surface area contributed by atoms with E-state index in [4.69, 9.17) is 0 Å². The monoisotopic (exact) mass is 438 g/mol. The summed E-state index contributed by atoms with van der Waals surface area (Å²) in [5, 5.41) is 7.98. The van der Waals surface area contributed by atoms with Gasteiger partial charge in [0, 0.05) is 17.8 Å². The molecule has 4 aromatic carbocycles. The number of aromatic nitrogens is 2. The smallest absolute Gasteiger partial charge is 0.0964 e. The van der Waals surface area contributed by atoms with Crippen LogP contribution in [0.5, 0.6) is 0 Å². The molecule has 0 unspecified atom stereocenters. The van der Waals surface area contributed by atoms with Crippen LogP contribution in [0.15, 0.2) is 109 Å². The van der Waals surface area contributed by atoms with Gasteiger partial charge in [-0.3, -0.25) is 9.97 Å². The van der Waals surface area contributed by atoms with Gasteiger partial charge in [-0.05, 0) is 81.9 Å². The van der Waals surface area contributed by atoms with Crippen LogP contribution in [0.1, 0.15) is 24.0 Å². The summed E-state index contributed by atoms with van der Waals surface area (Å²) < 4.78 is 0. The standard InChI is InChI=1S/C18H16.C14H10N2/c1-3-7-15-13(5-1)9-11-18-16-8-4-2-6-14(16)10-12-17(15)18;1-2-6-12-11(5-1)8-10-16-14(12)13-7-3-4-9-15-13/h1,3,5,7,9-12H,2,4,6,8H2;1-10H. The van der Waals surface area contributed by atoms with Crippen LogP contribution in [0.3, 0.4) is 0 Å². The molecular weight excluding hydrogens is 412 g/mol. The van der Waals surface area contributed by atoms with E-state index >= 15 is 0 Å². The first kappa shape index (κ1) is 20.6. The molecule has 0 bridgehead atoms. The number of benzene rings is 4. The predicted molar refractivity (Wildman–Crippen MR) is 143 cm³/mol. The van der Waals surface area contributed by atoms with Crippen molar-refractivity contribution in [2.75, 3.05) is 0 Å². The number of rotatable bonds is 1. The van der Waals surface area contributed by atoms with Crippen molar-refractivity contribution in [1.82, 2.24) is 9.97 Å². The Hall–Kier alpha value is -4.04. The molecule has 0 spiro atoms. The van der Waals surface area contributed by atoms with Crippen molar-refractivity contribution in [3.05, 3.63) is 121 Å². The third-order valence-corrected chi connectivity index (χ3v) is 6.84. The third kappa shape index (κ3) is 3.82. The molecule has 2 heteroatoms. The van der Waals surface area contributed by atoms with E-state index in [9.17, 15) is 0 Å². The molecular formula is C32H26N2. The first-order chi connectivity index (χ1) is 16.9. The summed E-state index contributed by atoms with van der Waals surface area (Å²) in [4.78, 5) is 8.75. The van der Waals surface area contributed by atoms with E-state index in [-0.39, 0.29) is 0 Å². The molecule has 2 heterocycles. The average molecular weight is 439 g/mol. The van der Waals surface area contributed by atoms with E-state index in [2.05, 4.69) is 70.6 Å². The fraction of sp³-hybridized carbons (Fsp3) is 0.125. The number of hydrogen-bond donors (Lipinski definition) is 0. The summed E-state index contributed by atoms with van der Waals surface area (Å²) in [6.07, 6.45) is 8.83. The van der Waals surface area contributed by atoms with Gasteiger partial charge in [0.05, 0.1) is 11.4 Å². The molecule has 7 rings (SSSR count). The van der Waals surface area contributed by atoms with Gasteiger partial charge in [-0.25, -0.2) is 0 Å². The third-order valence-electron chi connectivity index (χ3n) is 6.84. The van der Waals surface area contributed by atoms with Gasteiger partial charge in [0.25, 0.3) is 0 Å². The second-order valence-electron chi connectivity index (χ2n) is 8.89. The van der Waals surface area contributed by atoms with E-state index in [1.54, 1.807) is 17.3 Å². The van der Waals surface area contributed by atoms with Crippen molar-refractivity contribution in [3.63, 3.8) is 0 Å². The second kappa shape index (κ2) is 9.07. The quantitative estimate of drug-likeness (QED) is 0.242. The summed E-state index contributed by atoms with van der Waals surface area (Å²) in [5.74, 6) is 0. The van der Waals surface area contributed by atoms with Crippen LogP contribution in [-0.2, 0) is 12.8 Å². The van der Waals surface area contributed by atoms with Crippen molar-refractivity contribution in [3.8, 4) is 11.4 Å². The summed E-state index contributed by atoms with van der Waals surface area (Å²) in [5.41, 5.74) is 5.03. The van der Waals surface area contributed by atoms with Crippen molar-refractivity contribution >= 4 is 32.3 Å². The molecule has 0 saturated heterocycles. The zero-order chi connectivity index (χ0) is 22.7. The van der Waals surface area contributed by atoms with Crippen LogP contribution >= 0.6 is 0 Å². The number of aryl methyl sites for hydroxylation is 2. The molecule has 2 aromatic heterocycles. The Bertz CT molecular complexity index is 1600. The molecule has 0 amide bonds. The lowest BCUT2D eigenvalue weighted by Gasteiger charge is -2.18. The maximum atomic E-state index is 4.41. The maximum Gasteiger partial charge on any atom is 0.0964 e. The predicted octanol–water partition coefficient (Wildman–Crippen LogP) is 8.17. The van der Waals surface area contributed by atoms with Gasteiger partial charge in [0.15, 0.2) is 0 Å². The van der Waals surface area contributed by atoms with Gasteiger partial charge in [-0.1, -0.05) is 78.9 Å². The summed E-state index contributed by atoms with van der Waals surface area (Å²) in [7, 11) is 0. The van der Waals surface area contributed by atoms with Gasteiger partial charge in [-0.2, -0.15) is 0 Å². The molecule has 0 atom stereocenters. The summed E-state index contributed by atoms with van der Waals surface area (Å²) >= 11 is 0.